The largest absolute Gasteiger partial charge is 0.373 e. The molecule has 2 aromatic heterocycles. The number of nitriles is 1. The maximum atomic E-state index is 15.7. The summed E-state index contributed by atoms with van der Waals surface area (Å²) in [4.78, 5) is 4.21. The molecule has 5 aromatic rings. The molecule has 12 heteroatoms. The van der Waals surface area contributed by atoms with E-state index in [1.807, 2.05) is 23.0 Å². The molecule has 6 rings (SSSR count). The lowest BCUT2D eigenvalue weighted by atomic mass is 9.80. The number of rotatable bonds is 7. The molecule has 0 saturated carbocycles. The van der Waals surface area contributed by atoms with Crippen LogP contribution in [0.1, 0.15) is 69.4 Å². The van der Waals surface area contributed by atoms with E-state index in [0.29, 0.717) is 33.2 Å². The zero-order chi connectivity index (χ0) is 32.8. The molecule has 46 heavy (non-hydrogen) atoms. The molecule has 0 spiro atoms. The lowest BCUT2D eigenvalue weighted by molar-refractivity contribution is 0.125. The molecule has 0 bridgehead atoms. The van der Waals surface area contributed by atoms with Crippen LogP contribution in [0, 0.1) is 23.0 Å². The van der Waals surface area contributed by atoms with Gasteiger partial charge in [-0.25, -0.2) is 13.5 Å². The topological polar surface area (TPSA) is 103 Å². The van der Waals surface area contributed by atoms with Gasteiger partial charge in [-0.05, 0) is 88.6 Å². The van der Waals surface area contributed by atoms with E-state index in [1.54, 1.807) is 18.2 Å². The summed E-state index contributed by atoms with van der Waals surface area (Å²) < 4.78 is 31.4. The normalized spacial score (nSPS) is 16.6. The first-order valence-electron chi connectivity index (χ1n) is 14.8. The van der Waals surface area contributed by atoms with E-state index < -0.39 is 17.7 Å². The number of nitrogens with one attached hydrogen (secondary N) is 3. The van der Waals surface area contributed by atoms with E-state index >= 15 is 4.39 Å². The van der Waals surface area contributed by atoms with E-state index in [9.17, 15) is 9.65 Å². The molecular formula is C34H32Cl2F2N8. The summed E-state index contributed by atoms with van der Waals surface area (Å²) in [5.41, 5.74) is 2.69. The van der Waals surface area contributed by atoms with Crippen molar-refractivity contribution in [1.82, 2.24) is 25.3 Å². The van der Waals surface area contributed by atoms with Crippen molar-refractivity contribution in [1.29, 1.82) is 5.26 Å². The van der Waals surface area contributed by atoms with Crippen LogP contribution in [0.25, 0.3) is 10.9 Å². The fourth-order valence-electron chi connectivity index (χ4n) is 6.49. The van der Waals surface area contributed by atoms with Crippen molar-refractivity contribution in [3.63, 3.8) is 0 Å². The van der Waals surface area contributed by atoms with Crippen LogP contribution in [0.2, 0.25) is 10.0 Å². The predicted molar refractivity (Wildman–Crippen MR) is 178 cm³/mol. The van der Waals surface area contributed by atoms with Gasteiger partial charge in [-0.3, -0.25) is 4.98 Å². The number of halogens is 4. The van der Waals surface area contributed by atoms with Crippen molar-refractivity contribution in [3.8, 4) is 6.07 Å². The molecular weight excluding hydrogens is 629 g/mol. The van der Waals surface area contributed by atoms with Gasteiger partial charge in [0.2, 0.25) is 0 Å². The number of pyridine rings is 1. The average molecular weight is 662 g/mol. The lowest BCUT2D eigenvalue weighted by Crippen LogP contribution is -2.58. The van der Waals surface area contributed by atoms with Crippen molar-refractivity contribution >= 4 is 51.2 Å². The van der Waals surface area contributed by atoms with Crippen molar-refractivity contribution in [2.45, 2.75) is 63.7 Å². The maximum Gasteiger partial charge on any atom is 0.151 e. The van der Waals surface area contributed by atoms with Gasteiger partial charge in [0.15, 0.2) is 5.82 Å². The van der Waals surface area contributed by atoms with E-state index in [2.05, 4.69) is 65.0 Å². The fourth-order valence-corrected chi connectivity index (χ4v) is 6.79. The Morgan fingerprint density at radius 2 is 1.70 bits per heavy atom. The molecule has 1 aliphatic heterocycles. The Labute approximate surface area is 275 Å². The van der Waals surface area contributed by atoms with Crippen LogP contribution in [0.4, 0.5) is 25.8 Å². The van der Waals surface area contributed by atoms with Gasteiger partial charge in [0.25, 0.3) is 0 Å². The first kappa shape index (κ1) is 31.7. The number of benzene rings is 3. The third kappa shape index (κ3) is 6.63. The Kier molecular flexibility index (Phi) is 8.36. The van der Waals surface area contributed by atoms with Crippen LogP contribution >= 0.6 is 23.2 Å². The predicted octanol–water partition coefficient (Wildman–Crippen LogP) is 8.71. The molecule has 8 nitrogen and oxygen atoms in total. The number of piperidine rings is 1. The number of nitrogens with zero attached hydrogens (tertiary/aromatic N) is 5. The molecule has 0 radical (unpaired) electrons. The van der Waals surface area contributed by atoms with Gasteiger partial charge in [-0.2, -0.15) is 5.26 Å². The van der Waals surface area contributed by atoms with E-state index in [4.69, 9.17) is 23.2 Å². The summed E-state index contributed by atoms with van der Waals surface area (Å²) in [6, 6.07) is 16.2. The number of hydrogen-bond acceptors (Lipinski definition) is 7. The standard InChI is InChI=1S/C34H32Cl2F2N8/c1-33(2)14-24(15-34(3,4)44-33)46-18-29(43-45-46)31(19-5-7-21(35)8-6-19)42-23-11-25-30(41-22-9-10-27(37)26(36)12-22)20(16-39)17-40-32(25)28(38)13-23/h5-13,17-18,24,31,42,44H,14-15H2,1-4H3,(H,40,41)/t31-/m0/s1. The fraction of sp³-hybridized carbons (Fsp3) is 0.294. The molecule has 3 heterocycles. The van der Waals surface area contributed by atoms with Crippen molar-refractivity contribution in [2.24, 2.45) is 0 Å². The lowest BCUT2D eigenvalue weighted by Gasteiger charge is -2.46. The molecule has 3 aromatic carbocycles. The quantitative estimate of drug-likeness (QED) is 0.160. The minimum atomic E-state index is -0.595. The van der Waals surface area contributed by atoms with E-state index in [-0.39, 0.29) is 33.2 Å². The minimum absolute atomic E-state index is 0.0605. The van der Waals surface area contributed by atoms with Gasteiger partial charge in [0.05, 0.1) is 34.6 Å². The van der Waals surface area contributed by atoms with Crippen LogP contribution in [-0.4, -0.2) is 31.1 Å². The maximum absolute atomic E-state index is 15.7. The van der Waals surface area contributed by atoms with Gasteiger partial charge < -0.3 is 16.0 Å². The number of hydrogen-bond donors (Lipinski definition) is 3. The highest BCUT2D eigenvalue weighted by molar-refractivity contribution is 6.31. The summed E-state index contributed by atoms with van der Waals surface area (Å²) in [5, 5.41) is 30.1. The third-order valence-corrected chi connectivity index (χ3v) is 8.66. The molecule has 3 N–H and O–H groups in total. The molecule has 0 amide bonds. The van der Waals surface area contributed by atoms with Gasteiger partial charge in [-0.1, -0.05) is 40.5 Å². The summed E-state index contributed by atoms with van der Waals surface area (Å²) in [6.07, 6.45) is 4.98. The summed E-state index contributed by atoms with van der Waals surface area (Å²) in [6.45, 7) is 8.74. The highest BCUT2D eigenvalue weighted by Gasteiger charge is 2.39. The van der Waals surface area contributed by atoms with Crippen molar-refractivity contribution < 1.29 is 8.78 Å². The monoisotopic (exact) mass is 660 g/mol. The average Bonchev–Trinajstić information content (AvgIpc) is 3.47. The summed E-state index contributed by atoms with van der Waals surface area (Å²) >= 11 is 12.2. The van der Waals surface area contributed by atoms with Crippen molar-refractivity contribution in [2.75, 3.05) is 10.6 Å². The molecule has 236 valence electrons. The Balaban J connectivity index is 1.41. The number of fused-ring (bicyclic) bond motifs is 1. The van der Waals surface area contributed by atoms with E-state index in [0.717, 1.165) is 18.4 Å². The summed E-state index contributed by atoms with van der Waals surface area (Å²) in [5.74, 6) is -1.18. The molecule has 0 unspecified atom stereocenters. The molecule has 1 saturated heterocycles. The molecule has 1 fully saturated rings. The van der Waals surface area contributed by atoms with Gasteiger partial charge in [0, 0.05) is 39.1 Å². The van der Waals surface area contributed by atoms with Gasteiger partial charge in [0.1, 0.15) is 23.1 Å². The van der Waals surface area contributed by atoms with Gasteiger partial charge in [-0.15, -0.1) is 5.10 Å². The highest BCUT2D eigenvalue weighted by atomic mass is 35.5. The smallest absolute Gasteiger partial charge is 0.151 e. The van der Waals surface area contributed by atoms with Gasteiger partial charge >= 0.3 is 0 Å². The minimum Gasteiger partial charge on any atom is -0.373 e. The van der Waals surface area contributed by atoms with Crippen molar-refractivity contribution in [3.05, 3.63) is 105 Å². The Bertz CT molecular complexity index is 1950. The zero-order valence-electron chi connectivity index (χ0n) is 25.7. The Hall–Kier alpha value is -4.30. The second-order valence-electron chi connectivity index (χ2n) is 13.0. The SMILES string of the molecule is CC1(C)CC(n2cc([C@@H](Nc3cc(F)c4ncc(C#N)c(Nc5ccc(F)c(Cl)c5)c4c3)c3ccc(Cl)cc3)nn2)CC(C)(C)N1. The Morgan fingerprint density at radius 1 is 0.978 bits per heavy atom. The first-order chi connectivity index (χ1) is 21.8. The van der Waals surface area contributed by atoms with E-state index in [1.165, 1.54) is 30.5 Å². The summed E-state index contributed by atoms with van der Waals surface area (Å²) in [7, 11) is 0. The first-order valence-corrected chi connectivity index (χ1v) is 15.5. The highest BCUT2D eigenvalue weighted by Crippen LogP contribution is 2.38. The second kappa shape index (κ2) is 12.1. The second-order valence-corrected chi connectivity index (χ2v) is 13.8. The Morgan fingerprint density at radius 3 is 2.37 bits per heavy atom. The van der Waals surface area contributed by atoms with Crippen LogP contribution in [0.15, 0.2) is 67.0 Å². The number of aromatic nitrogens is 4. The third-order valence-electron chi connectivity index (χ3n) is 8.12. The molecule has 0 aliphatic carbocycles. The molecule has 1 atom stereocenters. The number of anilines is 3. The van der Waals surface area contributed by atoms with Crippen LogP contribution in [-0.2, 0) is 0 Å². The van der Waals surface area contributed by atoms with Crippen LogP contribution < -0.4 is 16.0 Å². The zero-order valence-corrected chi connectivity index (χ0v) is 27.2. The molecule has 1 aliphatic rings. The van der Waals surface area contributed by atoms with Crippen LogP contribution in [0.3, 0.4) is 0 Å². The van der Waals surface area contributed by atoms with Crippen LogP contribution in [0.5, 0.6) is 0 Å².